The number of hydrogen-bond acceptors (Lipinski definition) is 4. The first kappa shape index (κ1) is 20.0. The van der Waals surface area contributed by atoms with Crippen molar-refractivity contribution in [3.05, 3.63) is 34.9 Å². The lowest BCUT2D eigenvalue weighted by atomic mass is 9.89. The number of nitrogens with two attached hydrogens (primary N) is 1. The minimum atomic E-state index is -2.76. The molecule has 27 heavy (non-hydrogen) atoms. The number of ketones is 1. The number of aliphatic imine (C=N–C) groups is 1. The van der Waals surface area contributed by atoms with Gasteiger partial charge in [-0.3, -0.25) is 14.0 Å². The van der Waals surface area contributed by atoms with Crippen LogP contribution in [0.1, 0.15) is 51.7 Å². The lowest BCUT2D eigenvalue weighted by Gasteiger charge is -2.41. The van der Waals surface area contributed by atoms with Crippen molar-refractivity contribution in [3.63, 3.8) is 0 Å². The number of Topliss-reactive ketones (excluding diaryl/α,β-unsaturated/α-hetero) is 1. The van der Waals surface area contributed by atoms with E-state index in [9.17, 15) is 17.8 Å². The Balaban J connectivity index is 2.08. The highest BCUT2D eigenvalue weighted by atomic mass is 32.2. The van der Waals surface area contributed by atoms with Crippen molar-refractivity contribution in [1.82, 2.24) is 0 Å². The van der Waals surface area contributed by atoms with Crippen LogP contribution in [0, 0.1) is 17.0 Å². The molecule has 0 saturated heterocycles. The molecule has 0 radical (unpaired) electrons. The van der Waals surface area contributed by atoms with Gasteiger partial charge < -0.3 is 5.73 Å². The number of carbonyl (C=O) groups is 1. The van der Waals surface area contributed by atoms with E-state index < -0.39 is 31.4 Å². The molecule has 2 atom stereocenters. The summed E-state index contributed by atoms with van der Waals surface area (Å²) in [4.78, 5) is 16.8. The van der Waals surface area contributed by atoms with Gasteiger partial charge in [-0.05, 0) is 66.7 Å². The molecule has 4 nitrogen and oxygen atoms in total. The van der Waals surface area contributed by atoms with E-state index in [1.165, 1.54) is 6.07 Å². The fourth-order valence-electron chi connectivity index (χ4n) is 3.40. The van der Waals surface area contributed by atoms with Gasteiger partial charge in [-0.1, -0.05) is 6.92 Å². The zero-order valence-corrected chi connectivity index (χ0v) is 17.0. The summed E-state index contributed by atoms with van der Waals surface area (Å²) in [6, 6.07) is 2.50. The van der Waals surface area contributed by atoms with Crippen LogP contribution in [0.2, 0.25) is 0 Å². The summed E-state index contributed by atoms with van der Waals surface area (Å²) in [5.74, 6) is 1.76. The minimum Gasteiger partial charge on any atom is -0.386 e. The van der Waals surface area contributed by atoms with E-state index in [4.69, 9.17) is 5.73 Å². The van der Waals surface area contributed by atoms with Gasteiger partial charge in [-0.25, -0.2) is 8.78 Å². The Morgan fingerprint density at radius 3 is 2.37 bits per heavy atom. The first-order valence-electron chi connectivity index (χ1n) is 8.94. The highest BCUT2D eigenvalue weighted by molar-refractivity contribution is 8.02. The number of hydrogen-bond donors (Lipinski definition) is 1. The van der Waals surface area contributed by atoms with E-state index >= 15 is 0 Å². The second kappa shape index (κ2) is 5.87. The molecule has 1 saturated carbocycles. The summed E-state index contributed by atoms with van der Waals surface area (Å²) < 4.78 is 41.2. The molecule has 1 aliphatic heterocycles. The third kappa shape index (κ3) is 3.20. The third-order valence-electron chi connectivity index (χ3n) is 6.13. The average molecular weight is 397 g/mol. The quantitative estimate of drug-likeness (QED) is 0.796. The summed E-state index contributed by atoms with van der Waals surface area (Å²) in [5.41, 5.74) is 4.71. The van der Waals surface area contributed by atoms with Crippen molar-refractivity contribution < 1.29 is 17.8 Å². The smallest absolute Gasteiger partial charge is 0.164 e. The molecule has 7 heteroatoms. The average Bonchev–Trinajstić information content (AvgIpc) is 3.27. The zero-order chi connectivity index (χ0) is 20.4. The molecule has 1 aliphatic carbocycles. The van der Waals surface area contributed by atoms with Crippen LogP contribution in [-0.4, -0.2) is 32.2 Å². The number of benzene rings is 1. The highest BCUT2D eigenvalue weighted by Crippen LogP contribution is 2.46. The van der Waals surface area contributed by atoms with Crippen molar-refractivity contribution in [1.29, 1.82) is 0 Å². The Morgan fingerprint density at radius 1 is 1.26 bits per heavy atom. The van der Waals surface area contributed by atoms with Crippen molar-refractivity contribution in [2.45, 2.75) is 57.2 Å². The molecule has 0 amide bonds. The minimum absolute atomic E-state index is 0.0124. The monoisotopic (exact) mass is 396 g/mol. The molecule has 1 fully saturated rings. The van der Waals surface area contributed by atoms with E-state index in [1.54, 1.807) is 20.8 Å². The van der Waals surface area contributed by atoms with E-state index in [2.05, 4.69) is 10.9 Å². The van der Waals surface area contributed by atoms with E-state index in [0.717, 1.165) is 18.9 Å². The molecule has 1 aromatic carbocycles. The van der Waals surface area contributed by atoms with Gasteiger partial charge >= 0.3 is 0 Å². The maximum absolute atomic E-state index is 14.7. The SMILES string of the molecule is C=S1(=O)C[C@@](C)(c2cc(CC(=O)C3(C)CC3)cc(F)c2F)N=C(N)C1(C)C. The Morgan fingerprint density at radius 2 is 1.85 bits per heavy atom. The maximum Gasteiger partial charge on any atom is 0.164 e. The Labute approximate surface area is 159 Å². The molecule has 1 heterocycles. The van der Waals surface area contributed by atoms with Gasteiger partial charge in [0.2, 0.25) is 0 Å². The Hall–Kier alpha value is -1.76. The van der Waals surface area contributed by atoms with Crippen LogP contribution in [0.4, 0.5) is 8.78 Å². The number of nitrogens with zero attached hydrogens (tertiary/aromatic N) is 1. The molecular formula is C20H26F2N2O2S. The van der Waals surface area contributed by atoms with Crippen LogP contribution in [-0.2, 0) is 26.3 Å². The van der Waals surface area contributed by atoms with Gasteiger partial charge in [0, 0.05) is 23.2 Å². The standard InChI is InChI=1S/C20H26F2N2O2S/c1-18(2)17(23)24-20(4,11-27(18,5)26)13-8-12(9-14(21)16(13)22)10-15(25)19(3)6-7-19/h8-9H,5-7,10-11H2,1-4H3,(H2,23,24)/t20-,27?/m0/s1. The Kier molecular flexibility index (Phi) is 4.34. The largest absolute Gasteiger partial charge is 0.386 e. The molecule has 148 valence electrons. The van der Waals surface area contributed by atoms with E-state index in [-0.39, 0.29) is 34.8 Å². The van der Waals surface area contributed by atoms with Crippen molar-refractivity contribution in [2.75, 3.05) is 5.75 Å². The topological polar surface area (TPSA) is 72.5 Å². The van der Waals surface area contributed by atoms with Crippen molar-refractivity contribution in [3.8, 4) is 0 Å². The predicted octanol–water partition coefficient (Wildman–Crippen LogP) is 2.96. The van der Waals surface area contributed by atoms with Gasteiger partial charge in [0.25, 0.3) is 0 Å². The molecule has 1 unspecified atom stereocenters. The first-order valence-corrected chi connectivity index (χ1v) is 10.8. The molecule has 0 aromatic heterocycles. The van der Waals surface area contributed by atoms with Crippen LogP contribution in [0.15, 0.2) is 17.1 Å². The molecule has 0 bridgehead atoms. The second-order valence-electron chi connectivity index (χ2n) is 8.84. The van der Waals surface area contributed by atoms with Crippen LogP contribution in [0.5, 0.6) is 0 Å². The molecule has 1 aromatic rings. The number of rotatable bonds is 4. The summed E-state index contributed by atoms with van der Waals surface area (Å²) in [5, 5.41) is 0. The summed E-state index contributed by atoms with van der Waals surface area (Å²) in [6.07, 6.45) is 1.67. The van der Waals surface area contributed by atoms with E-state index in [1.807, 2.05) is 6.92 Å². The summed E-state index contributed by atoms with van der Waals surface area (Å²) in [7, 11) is -2.76. The fourth-order valence-corrected chi connectivity index (χ4v) is 5.32. The summed E-state index contributed by atoms with van der Waals surface area (Å²) >= 11 is 0. The molecule has 3 rings (SSSR count). The molecule has 2 aliphatic rings. The van der Waals surface area contributed by atoms with Crippen LogP contribution in [0.3, 0.4) is 0 Å². The first-order chi connectivity index (χ1) is 12.2. The van der Waals surface area contributed by atoms with Crippen molar-refractivity contribution in [2.24, 2.45) is 16.1 Å². The lowest BCUT2D eigenvalue weighted by Crippen LogP contribution is -2.54. The number of amidine groups is 1. The lowest BCUT2D eigenvalue weighted by molar-refractivity contribution is -0.122. The molecule has 0 spiro atoms. The Bertz CT molecular complexity index is 962. The van der Waals surface area contributed by atoms with Crippen LogP contribution < -0.4 is 5.73 Å². The van der Waals surface area contributed by atoms with Gasteiger partial charge in [0.1, 0.15) is 11.6 Å². The van der Waals surface area contributed by atoms with E-state index in [0.29, 0.717) is 5.56 Å². The van der Waals surface area contributed by atoms with Gasteiger partial charge in [-0.2, -0.15) is 0 Å². The second-order valence-corrected chi connectivity index (χ2v) is 11.8. The van der Waals surface area contributed by atoms with Gasteiger partial charge in [-0.15, -0.1) is 0 Å². The fraction of sp³-hybridized carbons (Fsp3) is 0.550. The normalized spacial score (nSPS) is 31.3. The van der Waals surface area contributed by atoms with Crippen molar-refractivity contribution >= 4 is 27.0 Å². The summed E-state index contributed by atoms with van der Waals surface area (Å²) in [6.45, 7) is 6.82. The third-order valence-corrected chi connectivity index (χ3v) is 9.23. The zero-order valence-electron chi connectivity index (χ0n) is 16.2. The maximum atomic E-state index is 14.7. The van der Waals surface area contributed by atoms with Gasteiger partial charge in [0.15, 0.2) is 11.6 Å². The number of carbonyl (C=O) groups excluding carboxylic acids is 1. The van der Waals surface area contributed by atoms with Crippen LogP contribution >= 0.6 is 0 Å². The predicted molar refractivity (Wildman–Crippen MR) is 106 cm³/mol. The molecule has 2 N–H and O–H groups in total. The van der Waals surface area contributed by atoms with Crippen LogP contribution in [0.25, 0.3) is 0 Å². The molecular weight excluding hydrogens is 370 g/mol. The highest BCUT2D eigenvalue weighted by Gasteiger charge is 2.47. The van der Waals surface area contributed by atoms with Gasteiger partial charge in [0.05, 0.1) is 10.3 Å². The number of halogens is 2.